The van der Waals surface area contributed by atoms with Crippen molar-refractivity contribution in [2.75, 3.05) is 6.54 Å². The van der Waals surface area contributed by atoms with E-state index < -0.39 is 0 Å². The predicted octanol–water partition coefficient (Wildman–Crippen LogP) is 3.62. The first-order chi connectivity index (χ1) is 7.90. The second kappa shape index (κ2) is 5.86. The quantitative estimate of drug-likeness (QED) is 0.693. The molecule has 0 radical (unpaired) electrons. The molecule has 16 heavy (non-hydrogen) atoms. The highest BCUT2D eigenvalue weighted by atomic mass is 15.2. The van der Waals surface area contributed by atoms with Crippen molar-refractivity contribution in [3.8, 4) is 0 Å². The lowest BCUT2D eigenvalue weighted by molar-refractivity contribution is 0.188. The maximum absolute atomic E-state index is 2.60. The molecule has 0 N–H and O–H groups in total. The standard InChI is InChI=1S/C15H21N/c1-2-8-15-11-6-7-12-16(15)13-14-9-4-3-5-10-14/h3-7,9-10,15H,2,8,11-13H2,1H3. The van der Waals surface area contributed by atoms with E-state index in [-0.39, 0.29) is 0 Å². The summed E-state index contributed by atoms with van der Waals surface area (Å²) in [7, 11) is 0. The number of hydrogen-bond donors (Lipinski definition) is 0. The fraction of sp³-hybridized carbons (Fsp3) is 0.467. The van der Waals surface area contributed by atoms with Gasteiger partial charge in [0.1, 0.15) is 0 Å². The molecule has 1 heterocycles. The van der Waals surface area contributed by atoms with E-state index in [1.807, 2.05) is 0 Å². The van der Waals surface area contributed by atoms with Crippen LogP contribution in [0.4, 0.5) is 0 Å². The van der Waals surface area contributed by atoms with Gasteiger partial charge in [0.05, 0.1) is 0 Å². The van der Waals surface area contributed by atoms with Gasteiger partial charge in [-0.15, -0.1) is 0 Å². The van der Waals surface area contributed by atoms with E-state index in [0.717, 1.165) is 19.1 Å². The average molecular weight is 215 g/mol. The summed E-state index contributed by atoms with van der Waals surface area (Å²) in [5, 5.41) is 0. The fourth-order valence-corrected chi connectivity index (χ4v) is 2.41. The number of nitrogens with zero attached hydrogens (tertiary/aromatic N) is 1. The first kappa shape index (κ1) is 11.4. The largest absolute Gasteiger partial charge is 0.292 e. The summed E-state index contributed by atoms with van der Waals surface area (Å²) in [5.41, 5.74) is 1.43. The van der Waals surface area contributed by atoms with Crippen molar-refractivity contribution in [2.45, 2.75) is 38.8 Å². The Kier molecular flexibility index (Phi) is 4.17. The van der Waals surface area contributed by atoms with E-state index in [0.29, 0.717) is 0 Å². The van der Waals surface area contributed by atoms with Gasteiger partial charge < -0.3 is 0 Å². The molecule has 1 nitrogen and oxygen atoms in total. The molecular weight excluding hydrogens is 194 g/mol. The highest BCUT2D eigenvalue weighted by Gasteiger charge is 2.18. The third-order valence-corrected chi connectivity index (χ3v) is 3.28. The van der Waals surface area contributed by atoms with Crippen LogP contribution in [0.15, 0.2) is 42.5 Å². The molecule has 0 amide bonds. The van der Waals surface area contributed by atoms with E-state index in [4.69, 9.17) is 0 Å². The first-order valence-corrected chi connectivity index (χ1v) is 6.33. The second-order valence-electron chi connectivity index (χ2n) is 4.56. The van der Waals surface area contributed by atoms with Crippen LogP contribution in [-0.2, 0) is 6.54 Å². The lowest BCUT2D eigenvalue weighted by atomic mass is 10.0. The zero-order valence-electron chi connectivity index (χ0n) is 10.1. The molecule has 1 heteroatoms. The zero-order valence-corrected chi connectivity index (χ0v) is 10.1. The summed E-state index contributed by atoms with van der Waals surface area (Å²) < 4.78 is 0. The van der Waals surface area contributed by atoms with Crippen LogP contribution < -0.4 is 0 Å². The Morgan fingerprint density at radius 1 is 1.19 bits per heavy atom. The van der Waals surface area contributed by atoms with Gasteiger partial charge in [-0.1, -0.05) is 55.8 Å². The molecule has 0 spiro atoms. The molecule has 1 aliphatic heterocycles. The van der Waals surface area contributed by atoms with Crippen LogP contribution in [0.5, 0.6) is 0 Å². The van der Waals surface area contributed by atoms with E-state index in [1.165, 1.54) is 24.8 Å². The summed E-state index contributed by atoms with van der Waals surface area (Å²) in [6.45, 7) is 4.48. The molecule has 0 aliphatic carbocycles. The van der Waals surface area contributed by atoms with Crippen molar-refractivity contribution in [1.82, 2.24) is 4.90 Å². The molecule has 0 saturated carbocycles. The SMILES string of the molecule is CCCC1CC=CCN1Cc1ccccc1. The summed E-state index contributed by atoms with van der Waals surface area (Å²) >= 11 is 0. The lowest BCUT2D eigenvalue weighted by Crippen LogP contribution is -2.36. The fourth-order valence-electron chi connectivity index (χ4n) is 2.41. The smallest absolute Gasteiger partial charge is 0.0240 e. The van der Waals surface area contributed by atoms with Crippen molar-refractivity contribution >= 4 is 0 Å². The number of benzene rings is 1. The van der Waals surface area contributed by atoms with Crippen molar-refractivity contribution in [2.24, 2.45) is 0 Å². The van der Waals surface area contributed by atoms with Gasteiger partial charge in [0, 0.05) is 19.1 Å². The summed E-state index contributed by atoms with van der Waals surface area (Å²) in [6, 6.07) is 11.5. The summed E-state index contributed by atoms with van der Waals surface area (Å²) in [6.07, 6.45) is 8.46. The predicted molar refractivity (Wildman–Crippen MR) is 69.3 cm³/mol. The Labute approximate surface area is 98.8 Å². The zero-order chi connectivity index (χ0) is 11.2. The van der Waals surface area contributed by atoms with Crippen LogP contribution in [0, 0.1) is 0 Å². The molecule has 0 saturated heterocycles. The monoisotopic (exact) mass is 215 g/mol. The molecule has 0 bridgehead atoms. The van der Waals surface area contributed by atoms with Gasteiger partial charge >= 0.3 is 0 Å². The van der Waals surface area contributed by atoms with Gasteiger partial charge in [-0.3, -0.25) is 4.90 Å². The summed E-state index contributed by atoms with van der Waals surface area (Å²) in [4.78, 5) is 2.60. The van der Waals surface area contributed by atoms with Crippen LogP contribution in [0.3, 0.4) is 0 Å². The van der Waals surface area contributed by atoms with E-state index in [1.54, 1.807) is 0 Å². The average Bonchev–Trinajstić information content (AvgIpc) is 2.33. The van der Waals surface area contributed by atoms with Gasteiger partial charge in [-0.2, -0.15) is 0 Å². The van der Waals surface area contributed by atoms with E-state index in [2.05, 4.69) is 54.3 Å². The normalized spacial score (nSPS) is 21.2. The maximum atomic E-state index is 2.60. The van der Waals surface area contributed by atoms with Crippen LogP contribution >= 0.6 is 0 Å². The van der Waals surface area contributed by atoms with Crippen LogP contribution in [-0.4, -0.2) is 17.5 Å². The molecule has 86 valence electrons. The molecule has 1 aliphatic rings. The molecule has 1 aromatic rings. The van der Waals surface area contributed by atoms with Crippen LogP contribution in [0.1, 0.15) is 31.7 Å². The second-order valence-corrected chi connectivity index (χ2v) is 4.56. The number of hydrogen-bond acceptors (Lipinski definition) is 1. The van der Waals surface area contributed by atoms with Crippen LogP contribution in [0.25, 0.3) is 0 Å². The van der Waals surface area contributed by atoms with E-state index >= 15 is 0 Å². The highest BCUT2D eigenvalue weighted by Crippen LogP contribution is 2.18. The molecule has 2 rings (SSSR count). The van der Waals surface area contributed by atoms with Gasteiger partial charge in [-0.05, 0) is 18.4 Å². The third kappa shape index (κ3) is 2.96. The van der Waals surface area contributed by atoms with Crippen molar-refractivity contribution < 1.29 is 0 Å². The minimum atomic E-state index is 0.746. The summed E-state index contributed by atoms with van der Waals surface area (Å²) in [5.74, 6) is 0. The lowest BCUT2D eigenvalue weighted by Gasteiger charge is -2.32. The topological polar surface area (TPSA) is 3.24 Å². The highest BCUT2D eigenvalue weighted by molar-refractivity contribution is 5.15. The van der Waals surface area contributed by atoms with Crippen LogP contribution in [0.2, 0.25) is 0 Å². The molecular formula is C15H21N. The minimum Gasteiger partial charge on any atom is -0.292 e. The van der Waals surface area contributed by atoms with Crippen molar-refractivity contribution in [3.05, 3.63) is 48.0 Å². The molecule has 0 fully saturated rings. The van der Waals surface area contributed by atoms with Gasteiger partial charge in [-0.25, -0.2) is 0 Å². The van der Waals surface area contributed by atoms with Gasteiger partial charge in [0.2, 0.25) is 0 Å². The minimum absolute atomic E-state index is 0.746. The maximum Gasteiger partial charge on any atom is 0.0240 e. The molecule has 1 unspecified atom stereocenters. The molecule has 1 aromatic carbocycles. The Morgan fingerprint density at radius 3 is 2.75 bits per heavy atom. The van der Waals surface area contributed by atoms with Crippen molar-refractivity contribution in [3.63, 3.8) is 0 Å². The Hall–Kier alpha value is -1.08. The molecule has 1 atom stereocenters. The Bertz CT molecular complexity index is 329. The first-order valence-electron chi connectivity index (χ1n) is 6.33. The third-order valence-electron chi connectivity index (χ3n) is 3.28. The number of rotatable bonds is 4. The van der Waals surface area contributed by atoms with Gasteiger partial charge in [0.25, 0.3) is 0 Å². The van der Waals surface area contributed by atoms with Crippen molar-refractivity contribution in [1.29, 1.82) is 0 Å². The molecule has 0 aromatic heterocycles. The van der Waals surface area contributed by atoms with E-state index in [9.17, 15) is 0 Å². The Morgan fingerprint density at radius 2 is 2.00 bits per heavy atom. The van der Waals surface area contributed by atoms with Gasteiger partial charge in [0.15, 0.2) is 0 Å². The Balaban J connectivity index is 1.99.